The molecule has 2 aromatic heterocycles. The average molecular weight is 371 g/mol. The van der Waals surface area contributed by atoms with Crippen LogP contribution in [-0.2, 0) is 9.53 Å². The fourth-order valence-corrected chi connectivity index (χ4v) is 4.47. The standard InChI is InChI=1S/C20H29N5O2/c1-14(2)25-18(4-8-22-25)19-17(7-11-27-19)20(26)23-9-5-16(6-10-23)24-13-21-12-15(24)3/h4,8,12-14,16-17,19H,5-7,9-11H2,1-3H3/t17-,19-/m0/s1. The molecule has 2 aliphatic heterocycles. The number of carbonyl (C=O) groups is 1. The lowest BCUT2D eigenvalue weighted by Gasteiger charge is -2.35. The van der Waals surface area contributed by atoms with Gasteiger partial charge >= 0.3 is 0 Å². The van der Waals surface area contributed by atoms with Gasteiger partial charge in [0.2, 0.25) is 5.91 Å². The number of piperidine rings is 1. The van der Waals surface area contributed by atoms with Gasteiger partial charge in [-0.2, -0.15) is 5.10 Å². The molecule has 146 valence electrons. The van der Waals surface area contributed by atoms with Crippen LogP contribution in [0.3, 0.4) is 0 Å². The Kier molecular flexibility index (Phi) is 5.04. The summed E-state index contributed by atoms with van der Waals surface area (Å²) in [5.74, 6) is 0.126. The molecule has 7 heteroatoms. The predicted molar refractivity (Wildman–Crippen MR) is 101 cm³/mol. The van der Waals surface area contributed by atoms with E-state index >= 15 is 0 Å². The first-order valence-electron chi connectivity index (χ1n) is 9.98. The number of amides is 1. The number of ether oxygens (including phenoxy) is 1. The van der Waals surface area contributed by atoms with Gasteiger partial charge in [-0.3, -0.25) is 9.48 Å². The van der Waals surface area contributed by atoms with Gasteiger partial charge in [-0.1, -0.05) is 0 Å². The Morgan fingerprint density at radius 2 is 2.04 bits per heavy atom. The van der Waals surface area contributed by atoms with E-state index in [1.807, 2.05) is 28.2 Å². The maximum Gasteiger partial charge on any atom is 0.228 e. The van der Waals surface area contributed by atoms with E-state index in [0.29, 0.717) is 12.6 Å². The van der Waals surface area contributed by atoms with Crippen molar-refractivity contribution in [3.63, 3.8) is 0 Å². The number of rotatable bonds is 4. The van der Waals surface area contributed by atoms with Crippen molar-refractivity contribution in [2.75, 3.05) is 19.7 Å². The fourth-order valence-electron chi connectivity index (χ4n) is 4.47. The Labute approximate surface area is 160 Å². The van der Waals surface area contributed by atoms with Gasteiger partial charge in [-0.15, -0.1) is 0 Å². The topological polar surface area (TPSA) is 65.2 Å². The van der Waals surface area contributed by atoms with E-state index in [1.54, 1.807) is 6.20 Å². The van der Waals surface area contributed by atoms with Gasteiger partial charge < -0.3 is 14.2 Å². The molecule has 0 unspecified atom stereocenters. The number of hydrogen-bond donors (Lipinski definition) is 0. The average Bonchev–Trinajstić information content (AvgIpc) is 3.40. The second kappa shape index (κ2) is 7.46. The molecule has 0 radical (unpaired) electrons. The van der Waals surface area contributed by atoms with Gasteiger partial charge in [0.25, 0.3) is 0 Å². The van der Waals surface area contributed by atoms with Gasteiger partial charge in [0, 0.05) is 49.9 Å². The lowest BCUT2D eigenvalue weighted by atomic mass is 9.95. The third-order valence-electron chi connectivity index (χ3n) is 5.92. The first-order chi connectivity index (χ1) is 13.1. The number of carbonyl (C=O) groups excluding carboxylic acids is 1. The second-order valence-corrected chi connectivity index (χ2v) is 7.98. The Hall–Kier alpha value is -2.15. The number of hydrogen-bond acceptors (Lipinski definition) is 4. The van der Waals surface area contributed by atoms with Gasteiger partial charge in [0.15, 0.2) is 0 Å². The minimum atomic E-state index is -0.184. The second-order valence-electron chi connectivity index (χ2n) is 7.98. The van der Waals surface area contributed by atoms with Crippen LogP contribution in [0, 0.1) is 12.8 Å². The van der Waals surface area contributed by atoms with E-state index in [0.717, 1.165) is 38.0 Å². The lowest BCUT2D eigenvalue weighted by molar-refractivity contribution is -0.138. The first kappa shape index (κ1) is 18.2. The SMILES string of the molecule is Cc1cncn1C1CCN(C(=O)[C@H]2CCO[C@@H]2c2ccnn2C(C)C)CC1. The molecule has 7 nitrogen and oxygen atoms in total. The van der Waals surface area contributed by atoms with Crippen molar-refractivity contribution < 1.29 is 9.53 Å². The molecule has 2 aliphatic rings. The Morgan fingerprint density at radius 3 is 2.70 bits per heavy atom. The highest BCUT2D eigenvalue weighted by Gasteiger charge is 2.40. The summed E-state index contributed by atoms with van der Waals surface area (Å²) in [6.07, 6.45) is 8.17. The smallest absolute Gasteiger partial charge is 0.228 e. The van der Waals surface area contributed by atoms with Crippen molar-refractivity contribution >= 4 is 5.91 Å². The summed E-state index contributed by atoms with van der Waals surface area (Å²) >= 11 is 0. The van der Waals surface area contributed by atoms with Crippen LogP contribution in [0.4, 0.5) is 0 Å². The van der Waals surface area contributed by atoms with Crippen molar-refractivity contribution in [2.24, 2.45) is 5.92 Å². The van der Waals surface area contributed by atoms with E-state index in [9.17, 15) is 4.79 Å². The molecule has 4 rings (SSSR count). The van der Waals surface area contributed by atoms with E-state index in [1.165, 1.54) is 5.69 Å². The third kappa shape index (κ3) is 3.40. The number of aromatic nitrogens is 4. The fraction of sp³-hybridized carbons (Fsp3) is 0.650. The molecule has 0 aliphatic carbocycles. The minimum Gasteiger partial charge on any atom is -0.371 e. The van der Waals surface area contributed by atoms with Gasteiger partial charge in [0.1, 0.15) is 6.10 Å². The largest absolute Gasteiger partial charge is 0.371 e. The third-order valence-corrected chi connectivity index (χ3v) is 5.92. The molecule has 4 heterocycles. The van der Waals surface area contributed by atoms with Gasteiger partial charge in [0.05, 0.1) is 17.9 Å². The van der Waals surface area contributed by atoms with Crippen LogP contribution in [0.2, 0.25) is 0 Å². The number of imidazole rings is 1. The van der Waals surface area contributed by atoms with Crippen LogP contribution >= 0.6 is 0 Å². The van der Waals surface area contributed by atoms with Crippen molar-refractivity contribution in [3.8, 4) is 0 Å². The zero-order chi connectivity index (χ0) is 19.0. The highest BCUT2D eigenvalue weighted by molar-refractivity contribution is 5.80. The summed E-state index contributed by atoms with van der Waals surface area (Å²) in [7, 11) is 0. The first-order valence-corrected chi connectivity index (χ1v) is 9.98. The molecule has 1 amide bonds. The molecular formula is C20H29N5O2. The molecular weight excluding hydrogens is 342 g/mol. The van der Waals surface area contributed by atoms with Crippen LogP contribution < -0.4 is 0 Å². The number of nitrogens with zero attached hydrogens (tertiary/aromatic N) is 5. The van der Waals surface area contributed by atoms with Crippen LogP contribution in [0.5, 0.6) is 0 Å². The van der Waals surface area contributed by atoms with Crippen LogP contribution in [0.15, 0.2) is 24.8 Å². The molecule has 2 aromatic rings. The summed E-state index contributed by atoms with van der Waals surface area (Å²) in [6.45, 7) is 8.52. The van der Waals surface area contributed by atoms with Gasteiger partial charge in [-0.05, 0) is 46.1 Å². The number of likely N-dealkylation sites (tertiary alicyclic amines) is 1. The molecule has 2 saturated heterocycles. The van der Waals surface area contributed by atoms with E-state index in [-0.39, 0.29) is 24.0 Å². The van der Waals surface area contributed by atoms with Crippen LogP contribution in [0.25, 0.3) is 0 Å². The monoisotopic (exact) mass is 371 g/mol. The van der Waals surface area contributed by atoms with Crippen molar-refractivity contribution in [1.29, 1.82) is 0 Å². The van der Waals surface area contributed by atoms with E-state index in [2.05, 4.69) is 35.4 Å². The van der Waals surface area contributed by atoms with Crippen LogP contribution in [0.1, 0.15) is 62.7 Å². The predicted octanol–water partition coefficient (Wildman–Crippen LogP) is 2.91. The molecule has 0 saturated carbocycles. The Bertz CT molecular complexity index is 788. The summed E-state index contributed by atoms with van der Waals surface area (Å²) in [5, 5.41) is 4.42. The maximum atomic E-state index is 13.2. The molecule has 0 aromatic carbocycles. The summed E-state index contributed by atoms with van der Waals surface area (Å²) < 4.78 is 10.2. The van der Waals surface area contributed by atoms with Crippen LogP contribution in [-0.4, -0.2) is 49.8 Å². The highest BCUT2D eigenvalue weighted by atomic mass is 16.5. The molecule has 2 fully saturated rings. The molecule has 0 N–H and O–H groups in total. The molecule has 0 spiro atoms. The summed E-state index contributed by atoms with van der Waals surface area (Å²) in [4.78, 5) is 19.5. The summed E-state index contributed by atoms with van der Waals surface area (Å²) in [6, 6.07) is 2.68. The Balaban J connectivity index is 1.43. The molecule has 2 atom stereocenters. The maximum absolute atomic E-state index is 13.2. The quantitative estimate of drug-likeness (QED) is 0.829. The lowest BCUT2D eigenvalue weighted by Crippen LogP contribution is -2.43. The van der Waals surface area contributed by atoms with Crippen molar-refractivity contribution in [2.45, 2.75) is 58.2 Å². The van der Waals surface area contributed by atoms with E-state index < -0.39 is 0 Å². The molecule has 0 bridgehead atoms. The van der Waals surface area contributed by atoms with Crippen molar-refractivity contribution in [1.82, 2.24) is 24.2 Å². The van der Waals surface area contributed by atoms with Crippen molar-refractivity contribution in [3.05, 3.63) is 36.2 Å². The zero-order valence-corrected chi connectivity index (χ0v) is 16.4. The number of aryl methyl sites for hydroxylation is 1. The normalized spacial score (nSPS) is 24.1. The van der Waals surface area contributed by atoms with E-state index in [4.69, 9.17) is 4.74 Å². The Morgan fingerprint density at radius 1 is 1.26 bits per heavy atom. The zero-order valence-electron chi connectivity index (χ0n) is 16.4. The van der Waals surface area contributed by atoms with Gasteiger partial charge in [-0.25, -0.2) is 4.98 Å². The minimum absolute atomic E-state index is 0.106. The molecule has 27 heavy (non-hydrogen) atoms. The highest BCUT2D eigenvalue weighted by Crippen LogP contribution is 2.37. The summed E-state index contributed by atoms with van der Waals surface area (Å²) in [5.41, 5.74) is 2.20.